The Labute approximate surface area is 127 Å². The zero-order valence-corrected chi connectivity index (χ0v) is 13.7. The number of aliphatic hydroxyl groups excluding tert-OH is 2. The Kier molecular flexibility index (Phi) is 6.94. The lowest BCUT2D eigenvalue weighted by molar-refractivity contribution is -0.0546. The number of rotatable bonds is 6. The van der Waals surface area contributed by atoms with Crippen LogP contribution in [-0.4, -0.2) is 42.3 Å². The first-order chi connectivity index (χ1) is 9.81. The molecule has 5 nitrogen and oxygen atoms in total. The summed E-state index contributed by atoms with van der Waals surface area (Å²) in [6, 6.07) is 0. The maximum atomic E-state index is 11.9. The Morgan fingerprint density at radius 2 is 1.90 bits per heavy atom. The van der Waals surface area contributed by atoms with Gasteiger partial charge in [-0.25, -0.2) is 4.79 Å². The zero-order chi connectivity index (χ0) is 16.0. The fraction of sp³-hybridized carbons (Fsp3) is 0.938. The summed E-state index contributed by atoms with van der Waals surface area (Å²) in [6.07, 6.45) is 2.31. The van der Waals surface area contributed by atoms with Gasteiger partial charge in [-0.3, -0.25) is 0 Å². The van der Waals surface area contributed by atoms with Crippen LogP contribution in [0.2, 0.25) is 0 Å². The molecule has 21 heavy (non-hydrogen) atoms. The molecule has 0 heterocycles. The molecule has 1 aliphatic carbocycles. The van der Waals surface area contributed by atoms with Gasteiger partial charge in [0.15, 0.2) is 0 Å². The van der Waals surface area contributed by atoms with Gasteiger partial charge in [-0.05, 0) is 30.6 Å². The van der Waals surface area contributed by atoms with Crippen molar-refractivity contribution in [1.29, 1.82) is 0 Å². The quantitative estimate of drug-likeness (QED) is 0.738. The fourth-order valence-electron chi connectivity index (χ4n) is 2.78. The van der Waals surface area contributed by atoms with E-state index < -0.39 is 11.6 Å². The summed E-state index contributed by atoms with van der Waals surface area (Å²) in [5.41, 5.74) is -0.823. The van der Waals surface area contributed by atoms with Crippen LogP contribution in [0.3, 0.4) is 0 Å². The molecule has 0 bridgehead atoms. The van der Waals surface area contributed by atoms with E-state index in [1.165, 1.54) is 6.42 Å². The number of hydrogen-bond acceptors (Lipinski definition) is 5. The highest BCUT2D eigenvalue weighted by atomic mass is 16.7. The van der Waals surface area contributed by atoms with E-state index in [9.17, 15) is 15.0 Å². The highest BCUT2D eigenvalue weighted by Crippen LogP contribution is 2.35. The van der Waals surface area contributed by atoms with Crippen molar-refractivity contribution in [2.75, 3.05) is 19.8 Å². The maximum absolute atomic E-state index is 11.9. The molecule has 3 atom stereocenters. The fourth-order valence-corrected chi connectivity index (χ4v) is 2.78. The summed E-state index contributed by atoms with van der Waals surface area (Å²) >= 11 is 0. The minimum absolute atomic E-state index is 0.0482. The lowest BCUT2D eigenvalue weighted by atomic mass is 9.75. The molecule has 0 radical (unpaired) electrons. The summed E-state index contributed by atoms with van der Waals surface area (Å²) in [5, 5.41) is 18.4. The van der Waals surface area contributed by atoms with Crippen LogP contribution < -0.4 is 0 Å². The van der Waals surface area contributed by atoms with Gasteiger partial charge < -0.3 is 19.7 Å². The van der Waals surface area contributed by atoms with E-state index in [2.05, 4.69) is 20.8 Å². The second-order valence-electron chi connectivity index (χ2n) is 7.15. The number of ether oxygens (including phenoxy) is 2. The number of carbonyl (C=O) groups excluding carboxylic acids is 1. The predicted octanol–water partition coefficient (Wildman–Crippen LogP) is 2.59. The molecule has 0 spiro atoms. The van der Waals surface area contributed by atoms with Crippen LogP contribution in [0.25, 0.3) is 0 Å². The standard InChI is InChI=1S/C16H30O5/c1-11(2)13-6-5-12(3)7-14(13)21-15(19)20-10-16(4,8-17)9-18/h11-14,17-18H,5-10H2,1-4H3. The summed E-state index contributed by atoms with van der Waals surface area (Å²) in [7, 11) is 0. The van der Waals surface area contributed by atoms with Crippen LogP contribution in [0, 0.1) is 23.2 Å². The SMILES string of the molecule is CC1CCC(C(C)C)C(OC(=O)OCC(C)(CO)CO)C1. The largest absolute Gasteiger partial charge is 0.508 e. The molecule has 5 heteroatoms. The zero-order valence-electron chi connectivity index (χ0n) is 13.7. The highest BCUT2D eigenvalue weighted by molar-refractivity contribution is 5.60. The molecule has 0 aromatic heterocycles. The van der Waals surface area contributed by atoms with E-state index in [4.69, 9.17) is 9.47 Å². The molecule has 1 saturated carbocycles. The third-order valence-electron chi connectivity index (χ3n) is 4.51. The minimum Gasteiger partial charge on any atom is -0.434 e. The van der Waals surface area contributed by atoms with Crippen LogP contribution in [0.5, 0.6) is 0 Å². The Hall–Kier alpha value is -0.810. The number of carbonyl (C=O) groups is 1. The van der Waals surface area contributed by atoms with E-state index in [0.717, 1.165) is 12.8 Å². The summed E-state index contributed by atoms with van der Waals surface area (Å²) in [6.45, 7) is 7.59. The molecule has 0 aliphatic heterocycles. The lowest BCUT2D eigenvalue weighted by Gasteiger charge is -2.36. The molecular weight excluding hydrogens is 272 g/mol. The molecule has 1 aliphatic rings. The van der Waals surface area contributed by atoms with Crippen molar-refractivity contribution in [2.45, 2.75) is 53.1 Å². The third kappa shape index (κ3) is 5.47. The van der Waals surface area contributed by atoms with Gasteiger partial charge in [-0.2, -0.15) is 0 Å². The van der Waals surface area contributed by atoms with E-state index in [0.29, 0.717) is 17.8 Å². The van der Waals surface area contributed by atoms with Crippen molar-refractivity contribution in [3.8, 4) is 0 Å². The second-order valence-corrected chi connectivity index (χ2v) is 7.15. The predicted molar refractivity (Wildman–Crippen MR) is 79.8 cm³/mol. The van der Waals surface area contributed by atoms with Gasteiger partial charge in [0, 0.05) is 5.41 Å². The number of hydrogen-bond donors (Lipinski definition) is 2. The first-order valence-corrected chi connectivity index (χ1v) is 7.86. The Bertz CT molecular complexity index is 325. The van der Waals surface area contributed by atoms with E-state index >= 15 is 0 Å². The van der Waals surface area contributed by atoms with Crippen molar-refractivity contribution in [1.82, 2.24) is 0 Å². The summed E-state index contributed by atoms with van der Waals surface area (Å²) in [5.74, 6) is 1.39. The molecule has 2 N–H and O–H groups in total. The molecule has 0 amide bonds. The molecule has 0 aromatic carbocycles. The molecule has 124 valence electrons. The van der Waals surface area contributed by atoms with Crippen LogP contribution >= 0.6 is 0 Å². The average Bonchev–Trinajstić information content (AvgIpc) is 2.44. The van der Waals surface area contributed by atoms with Crippen molar-refractivity contribution in [2.24, 2.45) is 23.2 Å². The van der Waals surface area contributed by atoms with Gasteiger partial charge >= 0.3 is 6.16 Å². The Morgan fingerprint density at radius 1 is 1.29 bits per heavy atom. The Morgan fingerprint density at radius 3 is 2.43 bits per heavy atom. The monoisotopic (exact) mass is 302 g/mol. The third-order valence-corrected chi connectivity index (χ3v) is 4.51. The minimum atomic E-state index is -0.823. The van der Waals surface area contributed by atoms with Gasteiger partial charge in [0.1, 0.15) is 12.7 Å². The lowest BCUT2D eigenvalue weighted by Crippen LogP contribution is -2.37. The normalized spacial score (nSPS) is 26.7. The topological polar surface area (TPSA) is 76.0 Å². The van der Waals surface area contributed by atoms with Gasteiger partial charge in [0.05, 0.1) is 13.2 Å². The second kappa shape index (κ2) is 7.99. The molecular formula is C16H30O5. The first kappa shape index (κ1) is 18.2. The molecule has 1 fully saturated rings. The van der Waals surface area contributed by atoms with Crippen LogP contribution in [-0.2, 0) is 9.47 Å². The van der Waals surface area contributed by atoms with Gasteiger partial charge in [-0.15, -0.1) is 0 Å². The van der Waals surface area contributed by atoms with Crippen molar-refractivity contribution < 1.29 is 24.5 Å². The maximum Gasteiger partial charge on any atom is 0.508 e. The van der Waals surface area contributed by atoms with E-state index in [1.807, 2.05) is 0 Å². The van der Waals surface area contributed by atoms with Crippen molar-refractivity contribution >= 4 is 6.16 Å². The van der Waals surface area contributed by atoms with Gasteiger partial charge in [0.2, 0.25) is 0 Å². The van der Waals surface area contributed by atoms with E-state index in [1.54, 1.807) is 6.92 Å². The van der Waals surface area contributed by atoms with E-state index in [-0.39, 0.29) is 25.9 Å². The smallest absolute Gasteiger partial charge is 0.434 e. The molecule has 1 rings (SSSR count). The van der Waals surface area contributed by atoms with Crippen molar-refractivity contribution in [3.63, 3.8) is 0 Å². The summed E-state index contributed by atoms with van der Waals surface area (Å²) < 4.78 is 10.6. The molecule has 3 unspecified atom stereocenters. The molecule has 0 saturated heterocycles. The van der Waals surface area contributed by atoms with Crippen LogP contribution in [0.1, 0.15) is 47.0 Å². The molecule has 0 aromatic rings. The summed E-state index contributed by atoms with van der Waals surface area (Å²) in [4.78, 5) is 11.9. The number of aliphatic hydroxyl groups is 2. The van der Waals surface area contributed by atoms with Gasteiger partial charge in [-0.1, -0.05) is 34.1 Å². The van der Waals surface area contributed by atoms with Crippen LogP contribution in [0.4, 0.5) is 4.79 Å². The highest BCUT2D eigenvalue weighted by Gasteiger charge is 2.34. The average molecular weight is 302 g/mol. The van der Waals surface area contributed by atoms with Gasteiger partial charge in [0.25, 0.3) is 0 Å². The van der Waals surface area contributed by atoms with Crippen molar-refractivity contribution in [3.05, 3.63) is 0 Å². The Balaban J connectivity index is 2.51. The first-order valence-electron chi connectivity index (χ1n) is 7.86. The van der Waals surface area contributed by atoms with Crippen LogP contribution in [0.15, 0.2) is 0 Å².